The van der Waals surface area contributed by atoms with Gasteiger partial charge in [0.2, 0.25) is 0 Å². The van der Waals surface area contributed by atoms with E-state index in [1.165, 1.54) is 36.4 Å². The number of hydrogen-bond acceptors (Lipinski definition) is 4. The van der Waals surface area contributed by atoms with Crippen molar-refractivity contribution < 1.29 is 26.4 Å². The molecule has 0 spiro atoms. The quantitative estimate of drug-likeness (QED) is 0.786. The number of carbonyl (C=O) groups is 1. The van der Waals surface area contributed by atoms with Gasteiger partial charge in [-0.2, -0.15) is 18.4 Å². The van der Waals surface area contributed by atoms with Gasteiger partial charge in [0.25, 0.3) is 10.0 Å². The topological polar surface area (TPSA) is 90.3 Å². The molecule has 1 heterocycles. The Labute approximate surface area is 169 Å². The summed E-state index contributed by atoms with van der Waals surface area (Å²) < 4.78 is 65.6. The van der Waals surface area contributed by atoms with E-state index in [2.05, 4.69) is 4.72 Å². The normalized spacial score (nSPS) is 14.1. The summed E-state index contributed by atoms with van der Waals surface area (Å²) in [7, 11) is -4.07. The van der Waals surface area contributed by atoms with Gasteiger partial charge in [0, 0.05) is 13.1 Å². The molecule has 0 aliphatic carbocycles. The lowest BCUT2D eigenvalue weighted by Gasteiger charge is -2.29. The number of sulfonamides is 1. The van der Waals surface area contributed by atoms with Crippen molar-refractivity contribution in [1.29, 1.82) is 5.26 Å². The van der Waals surface area contributed by atoms with Crippen LogP contribution in [0.5, 0.6) is 0 Å². The Morgan fingerprint density at radius 1 is 1.17 bits per heavy atom. The number of alkyl halides is 3. The fourth-order valence-electron chi connectivity index (χ4n) is 2.94. The van der Waals surface area contributed by atoms with E-state index in [0.29, 0.717) is 16.0 Å². The maximum absolute atomic E-state index is 12.7. The second-order valence-electron chi connectivity index (χ2n) is 6.32. The van der Waals surface area contributed by atoms with Crippen molar-refractivity contribution in [2.75, 3.05) is 11.3 Å². The largest absolute Gasteiger partial charge is 0.471 e. The lowest BCUT2D eigenvalue weighted by atomic mass is 10.00. The van der Waals surface area contributed by atoms with Gasteiger partial charge in [-0.25, -0.2) is 8.42 Å². The predicted molar refractivity (Wildman–Crippen MR) is 98.6 cm³/mol. The van der Waals surface area contributed by atoms with Gasteiger partial charge >= 0.3 is 12.1 Å². The minimum absolute atomic E-state index is 0.0689. The standard InChI is InChI=1S/C18H13ClF3N3O3S/c19-16-8-14(3-1-12(16)9-23)24-29(27,28)15-4-2-11-5-6-25(10-13(11)7-15)17(26)18(20,21)22/h1-4,7-8,24H,5-6,10H2. The summed E-state index contributed by atoms with van der Waals surface area (Å²) in [6.07, 6.45) is -4.80. The third-order valence-corrected chi connectivity index (χ3v) is 6.06. The molecule has 1 aliphatic rings. The summed E-state index contributed by atoms with van der Waals surface area (Å²) >= 11 is 5.90. The lowest BCUT2D eigenvalue weighted by molar-refractivity contribution is -0.186. The first-order chi connectivity index (χ1) is 13.5. The van der Waals surface area contributed by atoms with Gasteiger partial charge in [0.05, 0.1) is 21.2 Å². The summed E-state index contributed by atoms with van der Waals surface area (Å²) in [5.41, 5.74) is 1.31. The maximum Gasteiger partial charge on any atom is 0.471 e. The molecule has 0 aromatic heterocycles. The van der Waals surface area contributed by atoms with Crippen LogP contribution in [0.3, 0.4) is 0 Å². The zero-order valence-electron chi connectivity index (χ0n) is 14.6. The minimum Gasteiger partial charge on any atom is -0.330 e. The number of halogens is 4. The number of fused-ring (bicyclic) bond motifs is 1. The van der Waals surface area contributed by atoms with E-state index in [9.17, 15) is 26.4 Å². The summed E-state index contributed by atoms with van der Waals surface area (Å²) in [6, 6.07) is 9.96. The molecule has 0 saturated carbocycles. The van der Waals surface area contributed by atoms with Crippen molar-refractivity contribution in [2.24, 2.45) is 0 Å². The number of benzene rings is 2. The molecule has 29 heavy (non-hydrogen) atoms. The number of amides is 1. The van der Waals surface area contributed by atoms with E-state index in [1.54, 1.807) is 0 Å². The van der Waals surface area contributed by atoms with Gasteiger partial charge in [-0.05, 0) is 47.9 Å². The molecule has 1 aliphatic heterocycles. The first kappa shape index (κ1) is 21.0. The molecule has 1 N–H and O–H groups in total. The van der Waals surface area contributed by atoms with Gasteiger partial charge in [-0.3, -0.25) is 9.52 Å². The number of nitriles is 1. The van der Waals surface area contributed by atoms with E-state index >= 15 is 0 Å². The van der Waals surface area contributed by atoms with E-state index in [0.717, 1.165) is 0 Å². The van der Waals surface area contributed by atoms with Gasteiger partial charge in [0.15, 0.2) is 0 Å². The molecule has 3 rings (SSSR count). The molecular weight excluding hydrogens is 431 g/mol. The Hall–Kier alpha value is -2.77. The smallest absolute Gasteiger partial charge is 0.330 e. The average Bonchev–Trinajstić information content (AvgIpc) is 2.65. The van der Waals surface area contributed by atoms with E-state index in [-0.39, 0.29) is 40.7 Å². The molecule has 0 bridgehead atoms. The number of anilines is 1. The highest BCUT2D eigenvalue weighted by molar-refractivity contribution is 7.92. The molecule has 0 radical (unpaired) electrons. The third kappa shape index (κ3) is 4.46. The maximum atomic E-state index is 12.7. The van der Waals surface area contributed by atoms with Crippen molar-refractivity contribution in [3.63, 3.8) is 0 Å². The van der Waals surface area contributed by atoms with Gasteiger partial charge in [0.1, 0.15) is 6.07 Å². The van der Waals surface area contributed by atoms with Crippen LogP contribution in [-0.4, -0.2) is 31.9 Å². The number of nitrogens with one attached hydrogen (secondary N) is 1. The van der Waals surface area contributed by atoms with Crippen LogP contribution in [0.4, 0.5) is 18.9 Å². The van der Waals surface area contributed by atoms with Crippen LogP contribution < -0.4 is 4.72 Å². The molecule has 2 aromatic carbocycles. The number of nitrogens with zero attached hydrogens (tertiary/aromatic N) is 2. The van der Waals surface area contributed by atoms with Crippen molar-refractivity contribution in [3.8, 4) is 6.07 Å². The second-order valence-corrected chi connectivity index (χ2v) is 8.41. The second kappa shape index (κ2) is 7.57. The van der Waals surface area contributed by atoms with Crippen molar-refractivity contribution in [3.05, 3.63) is 58.1 Å². The molecule has 0 saturated heterocycles. The summed E-state index contributed by atoms with van der Waals surface area (Å²) in [5.74, 6) is -1.96. The molecular formula is C18H13ClF3N3O3S. The molecule has 0 atom stereocenters. The Bertz CT molecular complexity index is 1130. The SMILES string of the molecule is N#Cc1ccc(NS(=O)(=O)c2ccc3c(c2)CN(C(=O)C(F)(F)F)CC3)cc1Cl. The minimum atomic E-state index is -4.99. The summed E-state index contributed by atoms with van der Waals surface area (Å²) in [4.78, 5) is 11.9. The third-order valence-electron chi connectivity index (χ3n) is 4.37. The van der Waals surface area contributed by atoms with E-state index < -0.39 is 22.1 Å². The predicted octanol–water partition coefficient (Wildman–Crippen LogP) is 3.46. The fraction of sp³-hybridized carbons (Fsp3) is 0.222. The summed E-state index contributed by atoms with van der Waals surface area (Å²) in [5, 5.41) is 8.94. The first-order valence-electron chi connectivity index (χ1n) is 8.21. The molecule has 2 aromatic rings. The van der Waals surface area contributed by atoms with Crippen LogP contribution in [0.25, 0.3) is 0 Å². The monoisotopic (exact) mass is 443 g/mol. The van der Waals surface area contributed by atoms with Gasteiger partial charge in [-0.15, -0.1) is 0 Å². The highest BCUT2D eigenvalue weighted by Gasteiger charge is 2.43. The van der Waals surface area contributed by atoms with Crippen molar-refractivity contribution >= 4 is 33.2 Å². The van der Waals surface area contributed by atoms with Gasteiger partial charge < -0.3 is 4.90 Å². The number of carbonyl (C=O) groups excluding carboxylic acids is 1. The van der Waals surface area contributed by atoms with Crippen LogP contribution in [0.15, 0.2) is 41.3 Å². The number of rotatable bonds is 3. The summed E-state index contributed by atoms with van der Waals surface area (Å²) in [6.45, 7) is -0.431. The van der Waals surface area contributed by atoms with Crippen LogP contribution >= 0.6 is 11.6 Å². The highest BCUT2D eigenvalue weighted by atomic mass is 35.5. The zero-order chi connectivity index (χ0) is 21.4. The van der Waals surface area contributed by atoms with Crippen molar-refractivity contribution in [2.45, 2.75) is 24.0 Å². The molecule has 11 heteroatoms. The zero-order valence-corrected chi connectivity index (χ0v) is 16.2. The molecule has 1 amide bonds. The highest BCUT2D eigenvalue weighted by Crippen LogP contribution is 2.28. The lowest BCUT2D eigenvalue weighted by Crippen LogP contribution is -2.43. The first-order valence-corrected chi connectivity index (χ1v) is 10.1. The van der Waals surface area contributed by atoms with Crippen LogP contribution in [0.2, 0.25) is 5.02 Å². The molecule has 152 valence electrons. The van der Waals surface area contributed by atoms with Crippen LogP contribution in [0, 0.1) is 11.3 Å². The Balaban J connectivity index is 1.86. The Morgan fingerprint density at radius 2 is 1.90 bits per heavy atom. The van der Waals surface area contributed by atoms with Crippen LogP contribution in [0.1, 0.15) is 16.7 Å². The Kier molecular flexibility index (Phi) is 5.47. The fourth-order valence-corrected chi connectivity index (χ4v) is 4.26. The van der Waals surface area contributed by atoms with Crippen LogP contribution in [-0.2, 0) is 27.8 Å². The average molecular weight is 444 g/mol. The van der Waals surface area contributed by atoms with Gasteiger partial charge in [-0.1, -0.05) is 17.7 Å². The van der Waals surface area contributed by atoms with E-state index in [1.807, 2.05) is 6.07 Å². The van der Waals surface area contributed by atoms with Crippen molar-refractivity contribution in [1.82, 2.24) is 4.90 Å². The number of hydrogen-bond donors (Lipinski definition) is 1. The molecule has 6 nitrogen and oxygen atoms in total. The Morgan fingerprint density at radius 3 is 2.52 bits per heavy atom. The van der Waals surface area contributed by atoms with E-state index in [4.69, 9.17) is 16.9 Å². The molecule has 0 fully saturated rings. The molecule has 0 unspecified atom stereocenters.